The molecule has 124 valence electrons. The number of carbonyl (C=O) groups is 1. The van der Waals surface area contributed by atoms with E-state index in [0.29, 0.717) is 29.6 Å². The second-order valence-corrected chi connectivity index (χ2v) is 5.47. The number of guanidine groups is 1. The van der Waals surface area contributed by atoms with Gasteiger partial charge in [0.2, 0.25) is 0 Å². The number of hydrogen-bond donors (Lipinski definition) is 3. The Morgan fingerprint density at radius 1 is 1.14 bits per heavy atom. The van der Waals surface area contributed by atoms with Gasteiger partial charge in [-0.2, -0.15) is 0 Å². The first kappa shape index (κ1) is 21.0. The third kappa shape index (κ3) is 8.43. The summed E-state index contributed by atoms with van der Waals surface area (Å²) in [5, 5.41) is 9.80. The number of nitrogens with one attached hydrogen (secondary N) is 3. The van der Waals surface area contributed by atoms with Crippen LogP contribution >= 0.6 is 35.6 Å². The Morgan fingerprint density at radius 3 is 2.27 bits per heavy atom. The average Bonchev–Trinajstić information content (AvgIpc) is 2.46. The van der Waals surface area contributed by atoms with E-state index >= 15 is 0 Å². The summed E-state index contributed by atoms with van der Waals surface area (Å²) in [5.41, 5.74) is 0.599. The van der Waals surface area contributed by atoms with Crippen LogP contribution in [0.5, 0.6) is 0 Å². The Hall–Kier alpha value is -1.02. The van der Waals surface area contributed by atoms with Gasteiger partial charge in [0.1, 0.15) is 0 Å². The standard InChI is InChI=1S/C15H23ClN4O.HI/c1-11(2)10-20-15(17-3)19-9-8-18-14(21)12-4-6-13(16)7-5-12;/h4-7,11H,8-10H2,1-3H3,(H,18,21)(H2,17,19,20);1H. The Morgan fingerprint density at radius 2 is 1.73 bits per heavy atom. The Kier molecular flexibility index (Phi) is 11.0. The van der Waals surface area contributed by atoms with Crippen molar-refractivity contribution >= 4 is 47.4 Å². The zero-order valence-corrected chi connectivity index (χ0v) is 16.2. The Bertz CT molecular complexity index is 477. The summed E-state index contributed by atoms with van der Waals surface area (Å²) in [5.74, 6) is 1.18. The molecular weight excluding hydrogens is 415 g/mol. The highest BCUT2D eigenvalue weighted by Crippen LogP contribution is 2.08. The van der Waals surface area contributed by atoms with Crippen LogP contribution in [0.2, 0.25) is 5.02 Å². The van der Waals surface area contributed by atoms with Crippen molar-refractivity contribution < 1.29 is 4.79 Å². The van der Waals surface area contributed by atoms with Crippen molar-refractivity contribution in [2.75, 3.05) is 26.7 Å². The summed E-state index contributed by atoms with van der Waals surface area (Å²) >= 11 is 5.78. The van der Waals surface area contributed by atoms with Crippen molar-refractivity contribution in [1.29, 1.82) is 0 Å². The lowest BCUT2D eigenvalue weighted by atomic mass is 10.2. The lowest BCUT2D eigenvalue weighted by Crippen LogP contribution is -2.42. The molecule has 0 aliphatic heterocycles. The van der Waals surface area contributed by atoms with Gasteiger partial charge in [-0.15, -0.1) is 24.0 Å². The fourth-order valence-electron chi connectivity index (χ4n) is 1.58. The van der Waals surface area contributed by atoms with Crippen LogP contribution in [0.25, 0.3) is 0 Å². The van der Waals surface area contributed by atoms with E-state index in [1.807, 2.05) is 0 Å². The molecule has 0 unspecified atom stereocenters. The normalized spacial score (nSPS) is 10.9. The minimum absolute atomic E-state index is 0. The molecule has 5 nitrogen and oxygen atoms in total. The number of aliphatic imine (C=N–C) groups is 1. The molecule has 0 heterocycles. The molecule has 0 radical (unpaired) electrons. The maximum atomic E-state index is 11.9. The molecule has 0 bridgehead atoms. The van der Waals surface area contributed by atoms with Crippen LogP contribution in [0.15, 0.2) is 29.3 Å². The quantitative estimate of drug-likeness (QED) is 0.277. The molecule has 1 aromatic carbocycles. The van der Waals surface area contributed by atoms with Gasteiger partial charge in [-0.3, -0.25) is 9.79 Å². The summed E-state index contributed by atoms with van der Waals surface area (Å²) in [4.78, 5) is 16.0. The number of hydrogen-bond acceptors (Lipinski definition) is 2. The molecule has 0 spiro atoms. The maximum absolute atomic E-state index is 11.9. The second kappa shape index (κ2) is 11.5. The van der Waals surface area contributed by atoms with Crippen molar-refractivity contribution in [2.24, 2.45) is 10.9 Å². The van der Waals surface area contributed by atoms with E-state index in [-0.39, 0.29) is 29.9 Å². The first-order valence-corrected chi connectivity index (χ1v) is 7.39. The third-order valence-corrected chi connectivity index (χ3v) is 2.96. The van der Waals surface area contributed by atoms with Crippen molar-refractivity contribution in [2.45, 2.75) is 13.8 Å². The van der Waals surface area contributed by atoms with Crippen LogP contribution in [0, 0.1) is 5.92 Å². The van der Waals surface area contributed by atoms with Gasteiger partial charge in [-0.05, 0) is 30.2 Å². The summed E-state index contributed by atoms with van der Waals surface area (Å²) in [7, 11) is 1.72. The molecule has 0 saturated heterocycles. The lowest BCUT2D eigenvalue weighted by molar-refractivity contribution is 0.0954. The number of carbonyl (C=O) groups excluding carboxylic acids is 1. The number of rotatable bonds is 6. The van der Waals surface area contributed by atoms with Gasteiger partial charge in [-0.25, -0.2) is 0 Å². The molecule has 0 aliphatic carbocycles. The molecule has 0 aliphatic rings. The zero-order chi connectivity index (χ0) is 15.7. The summed E-state index contributed by atoms with van der Waals surface area (Å²) in [6.07, 6.45) is 0. The van der Waals surface area contributed by atoms with Crippen LogP contribution in [0.1, 0.15) is 24.2 Å². The minimum atomic E-state index is -0.112. The van der Waals surface area contributed by atoms with E-state index in [4.69, 9.17) is 11.6 Å². The fraction of sp³-hybridized carbons (Fsp3) is 0.467. The highest BCUT2D eigenvalue weighted by atomic mass is 127. The van der Waals surface area contributed by atoms with Crippen molar-refractivity contribution in [3.05, 3.63) is 34.9 Å². The first-order chi connectivity index (χ1) is 10.0. The van der Waals surface area contributed by atoms with E-state index < -0.39 is 0 Å². The third-order valence-electron chi connectivity index (χ3n) is 2.71. The molecule has 1 amide bonds. The van der Waals surface area contributed by atoms with Gasteiger partial charge in [0, 0.05) is 37.3 Å². The number of halogens is 2. The average molecular weight is 439 g/mol. The van der Waals surface area contributed by atoms with E-state index in [9.17, 15) is 4.79 Å². The topological polar surface area (TPSA) is 65.5 Å². The van der Waals surface area contributed by atoms with Gasteiger partial charge in [0.05, 0.1) is 0 Å². The molecular formula is C15H24ClIN4O. The number of benzene rings is 1. The highest BCUT2D eigenvalue weighted by molar-refractivity contribution is 14.0. The van der Waals surface area contributed by atoms with E-state index in [1.165, 1.54) is 0 Å². The zero-order valence-electron chi connectivity index (χ0n) is 13.1. The van der Waals surface area contributed by atoms with Gasteiger partial charge in [0.25, 0.3) is 5.91 Å². The minimum Gasteiger partial charge on any atom is -0.356 e. The summed E-state index contributed by atoms with van der Waals surface area (Å²) in [6.45, 7) is 6.25. The fourth-order valence-corrected chi connectivity index (χ4v) is 1.71. The highest BCUT2D eigenvalue weighted by Gasteiger charge is 2.04. The van der Waals surface area contributed by atoms with Crippen molar-refractivity contribution in [3.8, 4) is 0 Å². The molecule has 1 rings (SSSR count). The van der Waals surface area contributed by atoms with Crippen LogP contribution < -0.4 is 16.0 Å². The molecule has 0 fully saturated rings. The predicted octanol–water partition coefficient (Wildman–Crippen LogP) is 2.51. The summed E-state index contributed by atoms with van der Waals surface area (Å²) < 4.78 is 0. The van der Waals surface area contributed by atoms with Crippen LogP contribution in [-0.4, -0.2) is 38.5 Å². The lowest BCUT2D eigenvalue weighted by Gasteiger charge is -2.13. The molecule has 7 heteroatoms. The molecule has 1 aromatic rings. The van der Waals surface area contributed by atoms with Gasteiger partial charge in [0.15, 0.2) is 5.96 Å². The molecule has 0 saturated carbocycles. The number of nitrogens with zero attached hydrogens (tertiary/aromatic N) is 1. The van der Waals surface area contributed by atoms with Crippen LogP contribution in [0.3, 0.4) is 0 Å². The van der Waals surface area contributed by atoms with Gasteiger partial charge >= 0.3 is 0 Å². The monoisotopic (exact) mass is 438 g/mol. The van der Waals surface area contributed by atoms with Crippen molar-refractivity contribution in [3.63, 3.8) is 0 Å². The second-order valence-electron chi connectivity index (χ2n) is 5.04. The van der Waals surface area contributed by atoms with Gasteiger partial charge in [-0.1, -0.05) is 25.4 Å². The summed E-state index contributed by atoms with van der Waals surface area (Å²) in [6, 6.07) is 6.81. The predicted molar refractivity (Wildman–Crippen MR) is 103 cm³/mol. The Balaban J connectivity index is 0.00000441. The van der Waals surface area contributed by atoms with Gasteiger partial charge < -0.3 is 16.0 Å². The smallest absolute Gasteiger partial charge is 0.251 e. The Labute approximate surface area is 154 Å². The van der Waals surface area contributed by atoms with Crippen LogP contribution in [0.4, 0.5) is 0 Å². The molecule has 0 aromatic heterocycles. The maximum Gasteiger partial charge on any atom is 0.251 e. The van der Waals surface area contributed by atoms with Crippen molar-refractivity contribution in [1.82, 2.24) is 16.0 Å². The van der Waals surface area contributed by atoms with E-state index in [2.05, 4.69) is 34.8 Å². The van der Waals surface area contributed by atoms with Crippen LogP contribution in [-0.2, 0) is 0 Å². The number of amides is 1. The SMILES string of the molecule is CN=C(NCCNC(=O)c1ccc(Cl)cc1)NCC(C)C.I. The molecule has 22 heavy (non-hydrogen) atoms. The first-order valence-electron chi connectivity index (χ1n) is 7.01. The molecule has 0 atom stereocenters. The van der Waals surface area contributed by atoms with E-state index in [0.717, 1.165) is 12.5 Å². The van der Waals surface area contributed by atoms with E-state index in [1.54, 1.807) is 31.3 Å². The largest absolute Gasteiger partial charge is 0.356 e. The molecule has 3 N–H and O–H groups in total.